The lowest BCUT2D eigenvalue weighted by Gasteiger charge is -2.44. The molecule has 0 bridgehead atoms. The van der Waals surface area contributed by atoms with E-state index in [1.165, 1.54) is 24.3 Å². The minimum Gasteiger partial charge on any atom is -0.393 e. The van der Waals surface area contributed by atoms with Crippen molar-refractivity contribution in [3.05, 3.63) is 95.3 Å². The van der Waals surface area contributed by atoms with E-state index in [0.29, 0.717) is 30.5 Å². The zero-order chi connectivity index (χ0) is 24.5. The van der Waals surface area contributed by atoms with Gasteiger partial charge in [0.15, 0.2) is 0 Å². The SMILES string of the molecule is CC(O)CC1(c2ccc(F)cc2)CCN([C@@H](C)c2ccc(-c3ccc(F)cc3F)cc2)C(=O)C1. The highest BCUT2D eigenvalue weighted by atomic mass is 19.1. The van der Waals surface area contributed by atoms with Crippen molar-refractivity contribution in [2.75, 3.05) is 6.54 Å². The van der Waals surface area contributed by atoms with Gasteiger partial charge in [-0.2, -0.15) is 0 Å². The lowest BCUT2D eigenvalue weighted by atomic mass is 9.69. The van der Waals surface area contributed by atoms with Crippen molar-refractivity contribution < 1.29 is 23.1 Å². The highest BCUT2D eigenvalue weighted by Gasteiger charge is 2.42. The predicted octanol–water partition coefficient (Wildman–Crippen LogP) is 6.16. The topological polar surface area (TPSA) is 40.5 Å². The Kier molecular flexibility index (Phi) is 6.80. The molecule has 1 aliphatic rings. The van der Waals surface area contributed by atoms with E-state index in [9.17, 15) is 23.1 Å². The Morgan fingerprint density at radius 1 is 0.941 bits per heavy atom. The molecule has 0 aromatic heterocycles. The summed E-state index contributed by atoms with van der Waals surface area (Å²) in [5, 5.41) is 10.1. The molecule has 0 saturated carbocycles. The monoisotopic (exact) mass is 467 g/mol. The number of nitrogens with zero attached hydrogens (tertiary/aromatic N) is 1. The molecule has 3 aromatic rings. The van der Waals surface area contributed by atoms with Crippen LogP contribution in [0.5, 0.6) is 0 Å². The number of carbonyl (C=O) groups is 1. The number of amides is 1. The average Bonchev–Trinajstić information content (AvgIpc) is 2.79. The van der Waals surface area contributed by atoms with Gasteiger partial charge < -0.3 is 10.0 Å². The number of benzene rings is 3. The van der Waals surface area contributed by atoms with Gasteiger partial charge in [-0.1, -0.05) is 36.4 Å². The summed E-state index contributed by atoms with van der Waals surface area (Å²) in [6, 6.07) is 16.7. The second-order valence-electron chi connectivity index (χ2n) is 9.28. The zero-order valence-electron chi connectivity index (χ0n) is 19.3. The summed E-state index contributed by atoms with van der Waals surface area (Å²) in [5.74, 6) is -1.61. The summed E-state index contributed by atoms with van der Waals surface area (Å²) in [6.07, 6.45) is 0.705. The molecular weight excluding hydrogens is 439 g/mol. The fourth-order valence-corrected chi connectivity index (χ4v) is 5.10. The van der Waals surface area contributed by atoms with Crippen LogP contribution in [0.4, 0.5) is 13.2 Å². The molecule has 178 valence electrons. The van der Waals surface area contributed by atoms with E-state index in [0.717, 1.165) is 17.2 Å². The highest BCUT2D eigenvalue weighted by molar-refractivity contribution is 5.79. The molecule has 34 heavy (non-hydrogen) atoms. The first-order valence-corrected chi connectivity index (χ1v) is 11.5. The third kappa shape index (κ3) is 4.87. The van der Waals surface area contributed by atoms with Crippen molar-refractivity contribution in [1.29, 1.82) is 0 Å². The van der Waals surface area contributed by atoms with E-state index in [4.69, 9.17) is 0 Å². The largest absolute Gasteiger partial charge is 0.393 e. The molecule has 1 heterocycles. The third-order valence-corrected chi connectivity index (χ3v) is 6.89. The van der Waals surface area contributed by atoms with E-state index < -0.39 is 23.2 Å². The van der Waals surface area contributed by atoms with E-state index in [1.807, 2.05) is 24.0 Å². The quantitative estimate of drug-likeness (QED) is 0.472. The minimum absolute atomic E-state index is 0.0302. The fraction of sp³-hybridized carbons (Fsp3) is 0.321. The molecule has 6 heteroatoms. The molecule has 3 atom stereocenters. The van der Waals surface area contributed by atoms with Gasteiger partial charge in [0.1, 0.15) is 17.5 Å². The number of likely N-dealkylation sites (tertiary alicyclic amines) is 1. The van der Waals surface area contributed by atoms with E-state index in [-0.39, 0.29) is 24.2 Å². The van der Waals surface area contributed by atoms with Crippen LogP contribution in [-0.4, -0.2) is 28.6 Å². The Morgan fingerprint density at radius 2 is 1.59 bits per heavy atom. The Balaban J connectivity index is 1.53. The van der Waals surface area contributed by atoms with Gasteiger partial charge in [-0.3, -0.25) is 4.79 Å². The molecule has 1 N–H and O–H groups in total. The molecule has 0 aliphatic carbocycles. The van der Waals surface area contributed by atoms with Crippen LogP contribution in [0.25, 0.3) is 11.1 Å². The van der Waals surface area contributed by atoms with E-state index >= 15 is 0 Å². The summed E-state index contributed by atoms with van der Waals surface area (Å²) in [4.78, 5) is 15.1. The van der Waals surface area contributed by atoms with Crippen molar-refractivity contribution in [3.63, 3.8) is 0 Å². The van der Waals surface area contributed by atoms with Crippen LogP contribution in [-0.2, 0) is 10.2 Å². The van der Waals surface area contributed by atoms with Crippen molar-refractivity contribution in [1.82, 2.24) is 4.90 Å². The van der Waals surface area contributed by atoms with Crippen LogP contribution in [0, 0.1) is 17.5 Å². The van der Waals surface area contributed by atoms with Gasteiger partial charge in [0.25, 0.3) is 0 Å². The van der Waals surface area contributed by atoms with Crippen LogP contribution in [0.3, 0.4) is 0 Å². The second-order valence-corrected chi connectivity index (χ2v) is 9.28. The molecule has 4 rings (SSSR count). The van der Waals surface area contributed by atoms with Gasteiger partial charge in [-0.05, 0) is 67.6 Å². The molecule has 0 radical (unpaired) electrons. The van der Waals surface area contributed by atoms with E-state index in [1.54, 1.807) is 31.2 Å². The summed E-state index contributed by atoms with van der Waals surface area (Å²) >= 11 is 0. The van der Waals surface area contributed by atoms with Crippen LogP contribution >= 0.6 is 0 Å². The van der Waals surface area contributed by atoms with Gasteiger partial charge in [-0.25, -0.2) is 13.2 Å². The predicted molar refractivity (Wildman–Crippen MR) is 126 cm³/mol. The maximum atomic E-state index is 14.1. The van der Waals surface area contributed by atoms with Gasteiger partial charge >= 0.3 is 0 Å². The number of rotatable bonds is 6. The van der Waals surface area contributed by atoms with Crippen molar-refractivity contribution in [3.8, 4) is 11.1 Å². The third-order valence-electron chi connectivity index (χ3n) is 6.89. The maximum absolute atomic E-state index is 14.1. The number of hydrogen-bond donors (Lipinski definition) is 1. The van der Waals surface area contributed by atoms with Crippen molar-refractivity contribution in [2.24, 2.45) is 0 Å². The van der Waals surface area contributed by atoms with Crippen molar-refractivity contribution in [2.45, 2.75) is 50.7 Å². The van der Waals surface area contributed by atoms with Crippen LogP contribution in [0.1, 0.15) is 50.3 Å². The fourth-order valence-electron chi connectivity index (χ4n) is 5.10. The molecular formula is C28H28F3NO2. The lowest BCUT2D eigenvalue weighted by molar-refractivity contribution is -0.138. The first-order valence-electron chi connectivity index (χ1n) is 11.5. The molecule has 3 aromatic carbocycles. The van der Waals surface area contributed by atoms with Crippen LogP contribution in [0.2, 0.25) is 0 Å². The highest BCUT2D eigenvalue weighted by Crippen LogP contribution is 2.42. The molecule has 1 amide bonds. The minimum atomic E-state index is -0.623. The Hall–Kier alpha value is -3.12. The lowest BCUT2D eigenvalue weighted by Crippen LogP contribution is -2.48. The van der Waals surface area contributed by atoms with Crippen LogP contribution < -0.4 is 0 Å². The van der Waals surface area contributed by atoms with Gasteiger partial charge in [-0.15, -0.1) is 0 Å². The molecule has 3 nitrogen and oxygen atoms in total. The Morgan fingerprint density at radius 3 is 2.18 bits per heavy atom. The molecule has 1 fully saturated rings. The van der Waals surface area contributed by atoms with Crippen LogP contribution in [0.15, 0.2) is 66.7 Å². The number of halogens is 3. The number of hydrogen-bond acceptors (Lipinski definition) is 2. The van der Waals surface area contributed by atoms with Gasteiger partial charge in [0.2, 0.25) is 5.91 Å². The van der Waals surface area contributed by atoms with Gasteiger partial charge in [0, 0.05) is 30.0 Å². The number of carbonyl (C=O) groups excluding carboxylic acids is 1. The second kappa shape index (κ2) is 9.63. The maximum Gasteiger partial charge on any atom is 0.223 e. The molecule has 1 saturated heterocycles. The number of aliphatic hydroxyl groups excluding tert-OH is 1. The summed E-state index contributed by atoms with van der Waals surface area (Å²) < 4.78 is 40.8. The molecule has 0 spiro atoms. The summed E-state index contributed by atoms with van der Waals surface area (Å²) in [7, 11) is 0. The molecule has 2 unspecified atom stereocenters. The molecule has 1 aliphatic heterocycles. The summed E-state index contributed by atoms with van der Waals surface area (Å²) in [5.41, 5.74) is 2.17. The first-order chi connectivity index (χ1) is 16.2. The van der Waals surface area contributed by atoms with Crippen molar-refractivity contribution >= 4 is 5.91 Å². The Bertz CT molecular complexity index is 1160. The number of aliphatic hydroxyl groups is 1. The Labute approximate surface area is 197 Å². The zero-order valence-corrected chi connectivity index (χ0v) is 19.3. The first kappa shape index (κ1) is 24.0. The smallest absolute Gasteiger partial charge is 0.223 e. The number of piperidine rings is 1. The summed E-state index contributed by atoms with van der Waals surface area (Å²) in [6.45, 7) is 4.15. The standard InChI is InChI=1S/C28H28F3NO2/c1-18(33)16-28(22-7-9-23(29)10-8-22)13-14-32(27(34)17-28)19(2)20-3-5-21(6-4-20)25-12-11-24(30)15-26(25)31/h3-12,15,18-19,33H,13-14,16-17H2,1-2H3/t18?,19-,28?/m0/s1. The van der Waals surface area contributed by atoms with E-state index in [2.05, 4.69) is 0 Å². The normalized spacial score (nSPS) is 20.3. The average molecular weight is 468 g/mol. The van der Waals surface area contributed by atoms with Gasteiger partial charge in [0.05, 0.1) is 12.1 Å².